The van der Waals surface area contributed by atoms with Gasteiger partial charge < -0.3 is 5.32 Å². The summed E-state index contributed by atoms with van der Waals surface area (Å²) in [6.45, 7) is 0.551. The zero-order valence-electron chi connectivity index (χ0n) is 14.1. The molecule has 1 amide bonds. The van der Waals surface area contributed by atoms with Gasteiger partial charge in [0.1, 0.15) is 12.7 Å². The van der Waals surface area contributed by atoms with E-state index in [9.17, 15) is 4.79 Å². The van der Waals surface area contributed by atoms with Gasteiger partial charge in [-0.1, -0.05) is 46.3 Å². The molecule has 7 heteroatoms. The van der Waals surface area contributed by atoms with Gasteiger partial charge >= 0.3 is 0 Å². The summed E-state index contributed by atoms with van der Waals surface area (Å²) in [6.07, 6.45) is 3.62. The lowest BCUT2D eigenvalue weighted by Gasteiger charge is -2.19. The molecule has 1 N–H and O–H groups in total. The Labute approximate surface area is 165 Å². The summed E-state index contributed by atoms with van der Waals surface area (Å²) >= 11 is 5.10. The standard InChI is InChI=1S/C19H19BrN4OS/c20-16-6-8-17(9-7-16)26-11-10-19(25)23-18(12-24-14-21-13-22-24)15-4-2-1-3-5-15/h1-9,13-14,18H,10-12H2,(H,23,25). The molecule has 1 aromatic heterocycles. The lowest BCUT2D eigenvalue weighted by molar-refractivity contribution is -0.121. The Balaban J connectivity index is 1.55. The first kappa shape index (κ1) is 18.7. The highest BCUT2D eigenvalue weighted by Crippen LogP contribution is 2.21. The van der Waals surface area contributed by atoms with Gasteiger partial charge in [0.25, 0.3) is 0 Å². The Morgan fingerprint density at radius 1 is 1.15 bits per heavy atom. The molecule has 1 unspecified atom stereocenters. The van der Waals surface area contributed by atoms with Gasteiger partial charge in [0.2, 0.25) is 5.91 Å². The minimum Gasteiger partial charge on any atom is -0.347 e. The van der Waals surface area contributed by atoms with E-state index in [0.29, 0.717) is 13.0 Å². The van der Waals surface area contributed by atoms with Crippen LogP contribution in [0.3, 0.4) is 0 Å². The van der Waals surface area contributed by atoms with Crippen LogP contribution in [0.25, 0.3) is 0 Å². The molecule has 5 nitrogen and oxygen atoms in total. The molecule has 3 rings (SSSR count). The number of carbonyl (C=O) groups is 1. The van der Waals surface area contributed by atoms with Crippen LogP contribution in [0.15, 0.2) is 76.6 Å². The SMILES string of the molecule is O=C(CCSc1ccc(Br)cc1)NC(Cn1cncn1)c1ccccc1. The van der Waals surface area contributed by atoms with E-state index < -0.39 is 0 Å². The highest BCUT2D eigenvalue weighted by atomic mass is 79.9. The van der Waals surface area contributed by atoms with Gasteiger partial charge in [-0.3, -0.25) is 9.48 Å². The van der Waals surface area contributed by atoms with Crippen molar-refractivity contribution in [2.45, 2.75) is 23.9 Å². The van der Waals surface area contributed by atoms with Crippen molar-refractivity contribution in [2.24, 2.45) is 0 Å². The van der Waals surface area contributed by atoms with E-state index in [1.54, 1.807) is 22.8 Å². The maximum Gasteiger partial charge on any atom is 0.221 e. The Hall–Kier alpha value is -2.12. The van der Waals surface area contributed by atoms with Crippen molar-refractivity contribution in [1.82, 2.24) is 20.1 Å². The topological polar surface area (TPSA) is 59.8 Å². The van der Waals surface area contributed by atoms with Gasteiger partial charge in [0.15, 0.2) is 0 Å². The largest absolute Gasteiger partial charge is 0.347 e. The van der Waals surface area contributed by atoms with E-state index in [2.05, 4.69) is 31.3 Å². The molecule has 1 atom stereocenters. The first-order valence-corrected chi connectivity index (χ1v) is 10.0. The van der Waals surface area contributed by atoms with Crippen LogP contribution in [-0.2, 0) is 11.3 Å². The fourth-order valence-corrected chi connectivity index (χ4v) is 3.61. The highest BCUT2D eigenvalue weighted by Gasteiger charge is 2.15. The Kier molecular flexibility index (Phi) is 6.85. The van der Waals surface area contributed by atoms with Crippen LogP contribution in [0.4, 0.5) is 0 Å². The average molecular weight is 431 g/mol. The van der Waals surface area contributed by atoms with E-state index >= 15 is 0 Å². The average Bonchev–Trinajstić information content (AvgIpc) is 3.17. The van der Waals surface area contributed by atoms with Crippen LogP contribution in [0.2, 0.25) is 0 Å². The first-order chi connectivity index (χ1) is 12.7. The highest BCUT2D eigenvalue weighted by molar-refractivity contribution is 9.10. The zero-order valence-corrected chi connectivity index (χ0v) is 16.5. The Morgan fingerprint density at radius 3 is 2.62 bits per heavy atom. The first-order valence-electron chi connectivity index (χ1n) is 8.26. The molecule has 134 valence electrons. The van der Waals surface area contributed by atoms with Crippen LogP contribution < -0.4 is 5.32 Å². The number of thioether (sulfide) groups is 1. The molecule has 0 aliphatic rings. The number of benzene rings is 2. The van der Waals surface area contributed by atoms with Crippen molar-refractivity contribution in [1.29, 1.82) is 0 Å². The van der Waals surface area contributed by atoms with E-state index in [4.69, 9.17) is 0 Å². The van der Waals surface area contributed by atoms with Gasteiger partial charge in [-0.25, -0.2) is 4.98 Å². The number of nitrogens with zero attached hydrogens (tertiary/aromatic N) is 3. The quantitative estimate of drug-likeness (QED) is 0.546. The van der Waals surface area contributed by atoms with Gasteiger partial charge in [0.05, 0.1) is 12.6 Å². The van der Waals surface area contributed by atoms with Crippen molar-refractivity contribution in [3.63, 3.8) is 0 Å². The third kappa shape index (κ3) is 5.71. The minimum absolute atomic E-state index is 0.0311. The molecule has 0 bridgehead atoms. The summed E-state index contributed by atoms with van der Waals surface area (Å²) in [5, 5.41) is 7.26. The number of hydrogen-bond donors (Lipinski definition) is 1. The van der Waals surface area contributed by atoms with E-state index in [1.165, 1.54) is 6.33 Å². The second kappa shape index (κ2) is 9.54. The van der Waals surface area contributed by atoms with E-state index in [0.717, 1.165) is 20.7 Å². The lowest BCUT2D eigenvalue weighted by Crippen LogP contribution is -2.31. The molecule has 0 aliphatic carbocycles. The van der Waals surface area contributed by atoms with Crippen molar-refractivity contribution in [2.75, 3.05) is 5.75 Å². The van der Waals surface area contributed by atoms with Crippen LogP contribution in [0, 0.1) is 0 Å². The summed E-state index contributed by atoms with van der Waals surface area (Å²) in [7, 11) is 0. The van der Waals surface area contributed by atoms with Crippen LogP contribution >= 0.6 is 27.7 Å². The van der Waals surface area contributed by atoms with Crippen LogP contribution in [0.1, 0.15) is 18.0 Å². The predicted octanol–water partition coefficient (Wildman–Crippen LogP) is 4.08. The minimum atomic E-state index is -0.136. The normalized spacial score (nSPS) is 11.9. The molecule has 0 saturated heterocycles. The second-order valence-electron chi connectivity index (χ2n) is 5.70. The van der Waals surface area contributed by atoms with Crippen molar-refractivity contribution < 1.29 is 4.79 Å². The summed E-state index contributed by atoms with van der Waals surface area (Å²) in [5.74, 6) is 0.766. The van der Waals surface area contributed by atoms with E-state index in [1.807, 2.05) is 54.6 Å². The molecule has 0 aliphatic heterocycles. The van der Waals surface area contributed by atoms with Crippen molar-refractivity contribution in [3.8, 4) is 0 Å². The smallest absolute Gasteiger partial charge is 0.221 e. The number of nitrogens with one attached hydrogen (secondary N) is 1. The van der Waals surface area contributed by atoms with Gasteiger partial charge in [-0.15, -0.1) is 11.8 Å². The summed E-state index contributed by atoms with van der Waals surface area (Å²) in [4.78, 5) is 17.5. The zero-order chi connectivity index (χ0) is 18.2. The summed E-state index contributed by atoms with van der Waals surface area (Å²) in [5.41, 5.74) is 1.05. The third-order valence-electron chi connectivity index (χ3n) is 3.78. The number of rotatable bonds is 8. The number of halogens is 1. The van der Waals surface area contributed by atoms with Crippen LogP contribution in [-0.4, -0.2) is 26.4 Å². The van der Waals surface area contributed by atoms with Gasteiger partial charge in [-0.2, -0.15) is 5.10 Å². The van der Waals surface area contributed by atoms with E-state index in [-0.39, 0.29) is 11.9 Å². The number of aromatic nitrogens is 3. The predicted molar refractivity (Wildman–Crippen MR) is 107 cm³/mol. The monoisotopic (exact) mass is 430 g/mol. The Morgan fingerprint density at radius 2 is 1.92 bits per heavy atom. The number of carbonyl (C=O) groups excluding carboxylic acids is 1. The molecule has 3 aromatic rings. The molecule has 26 heavy (non-hydrogen) atoms. The second-order valence-corrected chi connectivity index (χ2v) is 7.78. The maximum absolute atomic E-state index is 12.4. The molecule has 0 radical (unpaired) electrons. The molecular formula is C19H19BrN4OS. The Bertz CT molecular complexity index is 809. The molecule has 0 fully saturated rings. The summed E-state index contributed by atoms with van der Waals surface area (Å²) in [6, 6.07) is 17.9. The maximum atomic E-state index is 12.4. The van der Waals surface area contributed by atoms with Crippen molar-refractivity contribution >= 4 is 33.6 Å². The number of amides is 1. The summed E-state index contributed by atoms with van der Waals surface area (Å²) < 4.78 is 2.78. The molecule has 2 aromatic carbocycles. The van der Waals surface area contributed by atoms with Crippen molar-refractivity contribution in [3.05, 3.63) is 77.3 Å². The van der Waals surface area contributed by atoms with Crippen LogP contribution in [0.5, 0.6) is 0 Å². The number of hydrogen-bond acceptors (Lipinski definition) is 4. The molecule has 1 heterocycles. The molecule has 0 saturated carbocycles. The lowest BCUT2D eigenvalue weighted by atomic mass is 10.1. The van der Waals surface area contributed by atoms with Gasteiger partial charge in [0, 0.05) is 21.5 Å². The third-order valence-corrected chi connectivity index (χ3v) is 5.33. The molecular weight excluding hydrogens is 412 g/mol. The van der Waals surface area contributed by atoms with Gasteiger partial charge in [-0.05, 0) is 29.8 Å². The fraction of sp³-hybridized carbons (Fsp3) is 0.211. The molecule has 0 spiro atoms. The fourth-order valence-electron chi connectivity index (χ4n) is 2.49.